The van der Waals surface area contributed by atoms with E-state index in [-0.39, 0.29) is 0 Å². The van der Waals surface area contributed by atoms with Crippen LogP contribution in [0.15, 0.2) is 205 Å². The lowest BCUT2D eigenvalue weighted by atomic mass is 9.94. The second-order valence-corrected chi connectivity index (χ2v) is 16.5. The summed E-state index contributed by atoms with van der Waals surface area (Å²) in [5.74, 6) is 2.55. The Kier molecular flexibility index (Phi) is 9.61. The number of fused-ring (bicyclic) bond motifs is 6. The Labute approximate surface area is 369 Å². The van der Waals surface area contributed by atoms with Gasteiger partial charge in [0.2, 0.25) is 0 Å². The first-order valence-electron chi connectivity index (χ1n) is 21.0. The standard InChI is InChI=1S/C58H38N4S/c1-3-31-59-52(4-2)45-18-8-5-15-42(45)38-23-27-55-48(34-38)49-35-39(43-16-6-9-19-46(43)53-21-11-13-32-60-53)24-28-56(49)62(55)41-26-30-58-51(37-41)50-36-40(25-29-57(50)63-58)44-17-7-10-20-47(44)54-22-12-14-33-61-54/h1,4-37H,2H3/b52-4-,59-31-. The van der Waals surface area contributed by atoms with Crippen LogP contribution in [0.25, 0.3) is 109 Å². The van der Waals surface area contributed by atoms with E-state index in [1.807, 2.05) is 61.0 Å². The highest BCUT2D eigenvalue weighted by Gasteiger charge is 2.19. The normalized spacial score (nSPS) is 11.9. The summed E-state index contributed by atoms with van der Waals surface area (Å²) in [5, 5.41) is 4.80. The minimum absolute atomic E-state index is 0.833. The fourth-order valence-corrected chi connectivity index (χ4v) is 10.1. The number of hydrogen-bond donors (Lipinski definition) is 0. The zero-order valence-corrected chi connectivity index (χ0v) is 35.2. The monoisotopic (exact) mass is 822 g/mol. The molecular weight excluding hydrogens is 785 g/mol. The molecule has 11 rings (SSSR count). The number of allylic oxidation sites excluding steroid dienone is 1. The van der Waals surface area contributed by atoms with Crippen molar-refractivity contribution in [1.82, 2.24) is 14.5 Å². The van der Waals surface area contributed by atoms with E-state index in [0.717, 1.165) is 83.5 Å². The first-order valence-corrected chi connectivity index (χ1v) is 21.8. The van der Waals surface area contributed by atoms with Crippen molar-refractivity contribution in [1.29, 1.82) is 0 Å². The Morgan fingerprint density at radius 3 is 1.59 bits per heavy atom. The predicted molar refractivity (Wildman–Crippen MR) is 267 cm³/mol. The first kappa shape index (κ1) is 37.8. The number of rotatable bonds is 8. The van der Waals surface area contributed by atoms with E-state index in [1.54, 1.807) is 0 Å². The second-order valence-electron chi connectivity index (χ2n) is 15.5. The van der Waals surface area contributed by atoms with Crippen molar-refractivity contribution in [3.63, 3.8) is 0 Å². The number of nitrogens with zero attached hydrogens (tertiary/aromatic N) is 4. The van der Waals surface area contributed by atoms with Gasteiger partial charge in [-0.1, -0.05) is 115 Å². The van der Waals surface area contributed by atoms with E-state index in [0.29, 0.717) is 0 Å². The van der Waals surface area contributed by atoms with E-state index in [4.69, 9.17) is 16.4 Å². The van der Waals surface area contributed by atoms with Crippen molar-refractivity contribution in [3.05, 3.63) is 206 Å². The largest absolute Gasteiger partial charge is 0.309 e. The molecule has 0 spiro atoms. The van der Waals surface area contributed by atoms with Crippen LogP contribution in [0, 0.1) is 12.3 Å². The molecule has 11 aromatic rings. The SMILES string of the molecule is C#C/C=N\C(=C/C)c1ccccc1-c1ccc2c(c1)c1cc(-c3ccccc3-c3ccccn3)ccc1n2-c1ccc2sc3ccc(-c4ccccc4-c4ccccn4)cc3c2c1. The third-order valence-electron chi connectivity index (χ3n) is 11.9. The average Bonchev–Trinajstić information content (AvgIpc) is 3.89. The summed E-state index contributed by atoms with van der Waals surface area (Å²) in [6.45, 7) is 2.00. The summed E-state index contributed by atoms with van der Waals surface area (Å²) >= 11 is 1.84. The molecule has 0 atom stereocenters. The summed E-state index contributed by atoms with van der Waals surface area (Å²) in [6.07, 6.45) is 12.8. The summed E-state index contributed by atoms with van der Waals surface area (Å²) in [5.41, 5.74) is 16.1. The predicted octanol–water partition coefficient (Wildman–Crippen LogP) is 15.3. The number of benzene rings is 7. The topological polar surface area (TPSA) is 43.1 Å². The molecule has 63 heavy (non-hydrogen) atoms. The van der Waals surface area contributed by atoms with Crippen LogP contribution in [0.2, 0.25) is 0 Å². The van der Waals surface area contributed by atoms with Crippen molar-refractivity contribution < 1.29 is 0 Å². The molecule has 0 aliphatic carbocycles. The molecule has 4 aromatic heterocycles. The van der Waals surface area contributed by atoms with Crippen LogP contribution in [0.3, 0.4) is 0 Å². The maximum Gasteiger partial charge on any atom is 0.0771 e. The fourth-order valence-electron chi connectivity index (χ4n) is 9.03. The van der Waals surface area contributed by atoms with Gasteiger partial charge in [0.1, 0.15) is 0 Å². The van der Waals surface area contributed by atoms with Gasteiger partial charge in [0.05, 0.1) is 34.3 Å². The van der Waals surface area contributed by atoms with Crippen LogP contribution in [0.1, 0.15) is 12.5 Å². The van der Waals surface area contributed by atoms with Gasteiger partial charge >= 0.3 is 0 Å². The van der Waals surface area contributed by atoms with Crippen molar-refractivity contribution in [2.45, 2.75) is 6.92 Å². The van der Waals surface area contributed by atoms with E-state index in [1.165, 1.54) is 37.5 Å². The molecule has 4 nitrogen and oxygen atoms in total. The summed E-state index contributed by atoms with van der Waals surface area (Å²) in [6, 6.07) is 65.2. The Bertz CT molecular complexity index is 3640. The highest BCUT2D eigenvalue weighted by molar-refractivity contribution is 7.25. The van der Waals surface area contributed by atoms with Crippen LogP contribution >= 0.6 is 11.3 Å². The molecule has 296 valence electrons. The number of aromatic nitrogens is 3. The summed E-state index contributed by atoms with van der Waals surface area (Å²) in [7, 11) is 0. The molecule has 0 aliphatic heterocycles. The number of aliphatic imine (C=N–C) groups is 1. The Hall–Kier alpha value is -8.17. The average molecular weight is 823 g/mol. The van der Waals surface area contributed by atoms with Gasteiger partial charge in [0.15, 0.2) is 0 Å². The van der Waals surface area contributed by atoms with Gasteiger partial charge in [-0.2, -0.15) is 0 Å². The van der Waals surface area contributed by atoms with Gasteiger partial charge in [-0.15, -0.1) is 17.8 Å². The molecule has 0 radical (unpaired) electrons. The van der Waals surface area contributed by atoms with Gasteiger partial charge in [-0.25, -0.2) is 4.99 Å². The van der Waals surface area contributed by atoms with Crippen LogP contribution in [0.4, 0.5) is 0 Å². The maximum absolute atomic E-state index is 5.59. The van der Waals surface area contributed by atoms with Crippen molar-refractivity contribution in [2.24, 2.45) is 4.99 Å². The molecule has 0 saturated heterocycles. The Balaban J connectivity index is 1.12. The summed E-state index contributed by atoms with van der Waals surface area (Å²) < 4.78 is 4.94. The highest BCUT2D eigenvalue weighted by Crippen LogP contribution is 2.43. The maximum atomic E-state index is 5.59. The summed E-state index contributed by atoms with van der Waals surface area (Å²) in [4.78, 5) is 14.1. The molecule has 0 fully saturated rings. The van der Waals surface area contributed by atoms with Crippen molar-refractivity contribution >= 4 is 65.2 Å². The lowest BCUT2D eigenvalue weighted by molar-refractivity contribution is 1.19. The first-order chi connectivity index (χ1) is 31.2. The van der Waals surface area contributed by atoms with Crippen LogP contribution in [-0.4, -0.2) is 20.7 Å². The van der Waals surface area contributed by atoms with Gasteiger partial charge < -0.3 is 4.57 Å². The molecular formula is C58H38N4S. The molecule has 0 unspecified atom stereocenters. The van der Waals surface area contributed by atoms with Crippen LogP contribution in [0.5, 0.6) is 0 Å². The minimum atomic E-state index is 0.833. The lowest BCUT2D eigenvalue weighted by Crippen LogP contribution is -1.94. The number of hydrogen-bond acceptors (Lipinski definition) is 4. The molecule has 0 amide bonds. The van der Waals surface area contributed by atoms with Gasteiger partial charge in [0.25, 0.3) is 0 Å². The second kappa shape index (κ2) is 16.0. The fraction of sp³-hybridized carbons (Fsp3) is 0.0172. The van der Waals surface area contributed by atoms with E-state index in [2.05, 4.69) is 173 Å². The highest BCUT2D eigenvalue weighted by atomic mass is 32.1. The van der Waals surface area contributed by atoms with Crippen LogP contribution in [-0.2, 0) is 0 Å². The molecule has 0 saturated carbocycles. The van der Waals surface area contributed by atoms with Gasteiger partial charge in [-0.3, -0.25) is 9.97 Å². The minimum Gasteiger partial charge on any atom is -0.309 e. The number of pyridine rings is 2. The molecule has 0 N–H and O–H groups in total. The smallest absolute Gasteiger partial charge is 0.0771 e. The van der Waals surface area contributed by atoms with Gasteiger partial charge in [0, 0.05) is 65.7 Å². The van der Waals surface area contributed by atoms with Crippen molar-refractivity contribution in [2.75, 3.05) is 0 Å². The molecule has 4 heterocycles. The third-order valence-corrected chi connectivity index (χ3v) is 13.1. The molecule has 0 aliphatic rings. The zero-order chi connectivity index (χ0) is 42.3. The van der Waals surface area contributed by atoms with Crippen LogP contribution < -0.4 is 0 Å². The molecule has 7 aromatic carbocycles. The molecule has 0 bridgehead atoms. The third kappa shape index (κ3) is 6.71. The van der Waals surface area contributed by atoms with Gasteiger partial charge in [-0.05, 0) is 119 Å². The van der Waals surface area contributed by atoms with E-state index >= 15 is 0 Å². The zero-order valence-electron chi connectivity index (χ0n) is 34.4. The van der Waals surface area contributed by atoms with Crippen molar-refractivity contribution in [3.8, 4) is 73.9 Å². The Morgan fingerprint density at radius 2 is 1.02 bits per heavy atom. The number of terminal acetylenes is 1. The molecule has 5 heteroatoms. The van der Waals surface area contributed by atoms with E-state index in [9.17, 15) is 0 Å². The Morgan fingerprint density at radius 1 is 0.524 bits per heavy atom. The lowest BCUT2D eigenvalue weighted by Gasteiger charge is -2.12. The quantitative estimate of drug-likeness (QED) is 0.113. The number of thiophene rings is 1. The van der Waals surface area contributed by atoms with E-state index < -0.39 is 0 Å².